The molecular weight excluding hydrogens is 309 g/mol. The van der Waals surface area contributed by atoms with Crippen molar-refractivity contribution in [3.63, 3.8) is 0 Å². The number of alkyl halides is 3. The fourth-order valence-corrected chi connectivity index (χ4v) is 1.88. The van der Waals surface area contributed by atoms with Crippen molar-refractivity contribution in [2.45, 2.75) is 26.6 Å². The van der Waals surface area contributed by atoms with Crippen LogP contribution in [0.3, 0.4) is 0 Å². The zero-order valence-electron chi connectivity index (χ0n) is 12.6. The quantitative estimate of drug-likeness (QED) is 0.921. The average Bonchev–Trinajstić information content (AvgIpc) is 2.49. The van der Waals surface area contributed by atoms with Crippen LogP contribution in [-0.4, -0.2) is 17.3 Å². The number of halogens is 3. The fourth-order valence-electron chi connectivity index (χ4n) is 1.88. The lowest BCUT2D eigenvalue weighted by Crippen LogP contribution is -2.18. The first kappa shape index (κ1) is 16.8. The molecule has 1 N–H and O–H groups in total. The normalized spacial score (nSPS) is 11.2. The monoisotopic (exact) mass is 324 g/mol. The van der Waals surface area contributed by atoms with Gasteiger partial charge in [0, 0.05) is 18.0 Å². The Morgan fingerprint density at radius 2 is 2.00 bits per heavy atom. The highest BCUT2D eigenvalue weighted by Crippen LogP contribution is 2.28. The van der Waals surface area contributed by atoms with E-state index in [-0.39, 0.29) is 17.1 Å². The standard InChI is InChI=1S/C16H15F3N2O2/c1-3-11-5-7-13(20-9-11)15(22)21-12-6-4-10(2)14(8-12)23-16(17,18)19/h4-9H,3H2,1-2H3,(H,21,22). The van der Waals surface area contributed by atoms with Gasteiger partial charge >= 0.3 is 6.36 Å². The molecule has 0 spiro atoms. The largest absolute Gasteiger partial charge is 0.573 e. The number of aryl methyl sites for hydroxylation is 2. The van der Waals surface area contributed by atoms with Gasteiger partial charge < -0.3 is 10.1 Å². The summed E-state index contributed by atoms with van der Waals surface area (Å²) < 4.78 is 40.9. The van der Waals surface area contributed by atoms with Crippen LogP contribution in [0, 0.1) is 6.92 Å². The van der Waals surface area contributed by atoms with Gasteiger partial charge in [-0.3, -0.25) is 9.78 Å². The Kier molecular flexibility index (Phi) is 4.88. The summed E-state index contributed by atoms with van der Waals surface area (Å²) in [6.07, 6.45) is -2.40. The molecule has 0 aliphatic carbocycles. The molecule has 23 heavy (non-hydrogen) atoms. The molecule has 1 amide bonds. The number of carbonyl (C=O) groups is 1. The first-order chi connectivity index (χ1) is 10.8. The van der Waals surface area contributed by atoms with E-state index >= 15 is 0 Å². The van der Waals surface area contributed by atoms with Crippen LogP contribution in [0.4, 0.5) is 18.9 Å². The van der Waals surface area contributed by atoms with Gasteiger partial charge in [0.15, 0.2) is 0 Å². The molecule has 0 fully saturated rings. The minimum Gasteiger partial charge on any atom is -0.405 e. The summed E-state index contributed by atoms with van der Waals surface area (Å²) in [5.41, 5.74) is 1.67. The molecule has 4 nitrogen and oxygen atoms in total. The summed E-state index contributed by atoms with van der Waals surface area (Å²) in [4.78, 5) is 16.1. The lowest BCUT2D eigenvalue weighted by Gasteiger charge is -2.13. The van der Waals surface area contributed by atoms with Gasteiger partial charge in [-0.2, -0.15) is 0 Å². The molecule has 0 unspecified atom stereocenters. The maximum atomic E-state index is 12.3. The van der Waals surface area contributed by atoms with Gasteiger partial charge in [-0.25, -0.2) is 0 Å². The maximum absolute atomic E-state index is 12.3. The highest BCUT2D eigenvalue weighted by molar-refractivity contribution is 6.02. The summed E-state index contributed by atoms with van der Waals surface area (Å²) in [7, 11) is 0. The first-order valence-corrected chi connectivity index (χ1v) is 6.91. The van der Waals surface area contributed by atoms with Crippen LogP contribution in [0.15, 0.2) is 36.5 Å². The highest BCUT2D eigenvalue weighted by Gasteiger charge is 2.31. The second-order valence-electron chi connectivity index (χ2n) is 4.89. The molecule has 7 heteroatoms. The Morgan fingerprint density at radius 1 is 1.26 bits per heavy atom. The molecule has 2 rings (SSSR count). The van der Waals surface area contributed by atoms with Crippen molar-refractivity contribution in [1.82, 2.24) is 4.98 Å². The van der Waals surface area contributed by atoms with E-state index in [2.05, 4.69) is 15.0 Å². The van der Waals surface area contributed by atoms with E-state index in [1.54, 1.807) is 18.3 Å². The number of hydrogen-bond donors (Lipinski definition) is 1. The number of aromatic nitrogens is 1. The number of rotatable bonds is 4. The van der Waals surface area contributed by atoms with Gasteiger partial charge in [0.1, 0.15) is 11.4 Å². The van der Waals surface area contributed by atoms with Crippen LogP contribution in [-0.2, 0) is 6.42 Å². The van der Waals surface area contributed by atoms with Crippen molar-refractivity contribution in [3.8, 4) is 5.75 Å². The summed E-state index contributed by atoms with van der Waals surface area (Å²) in [6, 6.07) is 7.40. The third kappa shape index (κ3) is 4.70. The molecule has 0 atom stereocenters. The smallest absolute Gasteiger partial charge is 0.405 e. The van der Waals surface area contributed by atoms with Crippen molar-refractivity contribution in [2.75, 3.05) is 5.32 Å². The number of benzene rings is 1. The number of anilines is 1. The number of hydrogen-bond acceptors (Lipinski definition) is 3. The van der Waals surface area contributed by atoms with Crippen molar-refractivity contribution >= 4 is 11.6 Å². The van der Waals surface area contributed by atoms with E-state index in [9.17, 15) is 18.0 Å². The Labute approximate surface area is 131 Å². The molecule has 1 aromatic carbocycles. The van der Waals surface area contributed by atoms with Crippen molar-refractivity contribution < 1.29 is 22.7 Å². The van der Waals surface area contributed by atoms with Crippen LogP contribution in [0.2, 0.25) is 0 Å². The zero-order chi connectivity index (χ0) is 17.0. The van der Waals surface area contributed by atoms with Crippen LogP contribution in [0.1, 0.15) is 28.5 Å². The van der Waals surface area contributed by atoms with Gasteiger partial charge in [0.25, 0.3) is 5.91 Å². The Bertz CT molecular complexity index is 697. The van der Waals surface area contributed by atoms with Crippen molar-refractivity contribution in [1.29, 1.82) is 0 Å². The van der Waals surface area contributed by atoms with E-state index in [1.165, 1.54) is 19.1 Å². The Hall–Kier alpha value is -2.57. The molecule has 0 bridgehead atoms. The van der Waals surface area contributed by atoms with Gasteiger partial charge in [-0.05, 0) is 36.6 Å². The topological polar surface area (TPSA) is 51.2 Å². The summed E-state index contributed by atoms with van der Waals surface area (Å²) in [5.74, 6) is -0.862. The number of amides is 1. The molecule has 0 aliphatic heterocycles. The van der Waals surface area contributed by atoms with Gasteiger partial charge in [0.2, 0.25) is 0 Å². The lowest BCUT2D eigenvalue weighted by atomic mass is 10.2. The van der Waals surface area contributed by atoms with E-state index in [0.717, 1.165) is 18.1 Å². The van der Waals surface area contributed by atoms with Crippen LogP contribution < -0.4 is 10.1 Å². The summed E-state index contributed by atoms with van der Waals surface area (Å²) in [6.45, 7) is 3.45. The van der Waals surface area contributed by atoms with E-state index < -0.39 is 12.3 Å². The molecule has 122 valence electrons. The van der Waals surface area contributed by atoms with Gasteiger partial charge in [-0.15, -0.1) is 13.2 Å². The van der Waals surface area contributed by atoms with Crippen molar-refractivity contribution in [3.05, 3.63) is 53.3 Å². The minimum absolute atomic E-state index is 0.182. The molecule has 0 aliphatic rings. The van der Waals surface area contributed by atoms with E-state index in [4.69, 9.17) is 0 Å². The maximum Gasteiger partial charge on any atom is 0.573 e. The predicted octanol–water partition coefficient (Wildman–Crippen LogP) is 4.10. The third-order valence-corrected chi connectivity index (χ3v) is 3.14. The van der Waals surface area contributed by atoms with Crippen molar-refractivity contribution in [2.24, 2.45) is 0 Å². The Balaban J connectivity index is 2.15. The molecule has 2 aromatic rings. The second kappa shape index (κ2) is 6.68. The molecule has 0 saturated carbocycles. The van der Waals surface area contributed by atoms with Crippen LogP contribution in [0.25, 0.3) is 0 Å². The second-order valence-corrected chi connectivity index (χ2v) is 4.89. The summed E-state index contributed by atoms with van der Waals surface area (Å²) in [5, 5.41) is 2.50. The molecule has 0 radical (unpaired) electrons. The predicted molar refractivity (Wildman–Crippen MR) is 79.4 cm³/mol. The molecule has 1 aromatic heterocycles. The van der Waals surface area contributed by atoms with Crippen LogP contribution >= 0.6 is 0 Å². The average molecular weight is 324 g/mol. The van der Waals surface area contributed by atoms with E-state index in [0.29, 0.717) is 5.56 Å². The molecule has 0 saturated heterocycles. The Morgan fingerprint density at radius 3 is 2.57 bits per heavy atom. The number of carbonyl (C=O) groups excluding carboxylic acids is 1. The number of nitrogens with zero attached hydrogens (tertiary/aromatic N) is 1. The number of ether oxygens (including phenoxy) is 1. The molecular formula is C16H15F3N2O2. The summed E-state index contributed by atoms with van der Waals surface area (Å²) >= 11 is 0. The van der Waals surface area contributed by atoms with Gasteiger partial charge in [-0.1, -0.05) is 19.1 Å². The lowest BCUT2D eigenvalue weighted by molar-refractivity contribution is -0.274. The number of nitrogens with one attached hydrogen (secondary N) is 1. The van der Waals surface area contributed by atoms with Gasteiger partial charge in [0.05, 0.1) is 0 Å². The minimum atomic E-state index is -4.79. The SMILES string of the molecule is CCc1ccc(C(=O)Nc2ccc(C)c(OC(F)(F)F)c2)nc1. The number of pyridine rings is 1. The fraction of sp³-hybridized carbons (Fsp3) is 0.250. The zero-order valence-corrected chi connectivity index (χ0v) is 12.6. The third-order valence-electron chi connectivity index (χ3n) is 3.14. The van der Waals surface area contributed by atoms with E-state index in [1.807, 2.05) is 6.92 Å². The first-order valence-electron chi connectivity index (χ1n) is 6.91. The molecule has 1 heterocycles. The highest BCUT2D eigenvalue weighted by atomic mass is 19.4. The van der Waals surface area contributed by atoms with Crippen LogP contribution in [0.5, 0.6) is 5.75 Å².